The smallest absolute Gasteiger partial charge is 0.124 e. The third-order valence-electron chi connectivity index (χ3n) is 4.94. The SMILES string of the molecule is c1ccc(S[C@@H]2CC3(CCCCC3)Oc3ccccc32)cc1. The molecule has 1 aliphatic carbocycles. The van der Waals surface area contributed by atoms with Gasteiger partial charge in [0, 0.05) is 22.1 Å². The van der Waals surface area contributed by atoms with E-state index in [1.165, 1.54) is 42.6 Å². The van der Waals surface area contributed by atoms with Gasteiger partial charge in [-0.2, -0.15) is 0 Å². The third kappa shape index (κ3) is 2.77. The molecule has 0 saturated heterocycles. The van der Waals surface area contributed by atoms with Crippen molar-refractivity contribution in [1.29, 1.82) is 0 Å². The molecule has 1 saturated carbocycles. The zero-order chi connectivity index (χ0) is 14.8. The van der Waals surface area contributed by atoms with Crippen molar-refractivity contribution in [3.05, 3.63) is 60.2 Å². The summed E-state index contributed by atoms with van der Waals surface area (Å²) < 4.78 is 6.51. The molecular weight excluding hydrogens is 288 g/mol. The second-order valence-corrected chi connectivity index (χ2v) is 7.78. The Labute approximate surface area is 137 Å². The van der Waals surface area contributed by atoms with E-state index in [-0.39, 0.29) is 5.60 Å². The molecule has 1 aliphatic heterocycles. The molecule has 114 valence electrons. The first-order chi connectivity index (χ1) is 10.8. The van der Waals surface area contributed by atoms with Gasteiger partial charge in [0.05, 0.1) is 0 Å². The minimum Gasteiger partial charge on any atom is -0.487 e. The maximum absolute atomic E-state index is 6.51. The standard InChI is InChI=1S/C20H22OS/c1-3-9-16(10-4-1)22-19-15-20(13-7-2-8-14-20)21-18-12-6-5-11-17(18)19/h1,3-6,9-12,19H,2,7-8,13-15H2/t19-/m1/s1. The fraction of sp³-hybridized carbons (Fsp3) is 0.400. The minimum atomic E-state index is 0.0824. The minimum absolute atomic E-state index is 0.0824. The molecule has 2 heteroatoms. The van der Waals surface area contributed by atoms with Crippen molar-refractivity contribution >= 4 is 11.8 Å². The molecule has 1 fully saturated rings. The number of para-hydroxylation sites is 1. The first-order valence-electron chi connectivity index (χ1n) is 8.34. The average Bonchev–Trinajstić information content (AvgIpc) is 2.56. The molecular formula is C20H22OS. The van der Waals surface area contributed by atoms with E-state index in [1.54, 1.807) is 0 Å². The Hall–Kier alpha value is -1.41. The van der Waals surface area contributed by atoms with Gasteiger partial charge < -0.3 is 4.74 Å². The predicted molar refractivity (Wildman–Crippen MR) is 92.5 cm³/mol. The summed E-state index contributed by atoms with van der Waals surface area (Å²) in [6.45, 7) is 0. The van der Waals surface area contributed by atoms with Crippen molar-refractivity contribution in [3.8, 4) is 5.75 Å². The van der Waals surface area contributed by atoms with Gasteiger partial charge in [-0.1, -0.05) is 42.8 Å². The fourth-order valence-electron chi connectivity index (χ4n) is 3.83. The van der Waals surface area contributed by atoms with Crippen LogP contribution in [0.1, 0.15) is 49.3 Å². The van der Waals surface area contributed by atoms with Gasteiger partial charge >= 0.3 is 0 Å². The molecule has 2 aliphatic rings. The molecule has 22 heavy (non-hydrogen) atoms. The summed E-state index contributed by atoms with van der Waals surface area (Å²) in [4.78, 5) is 1.36. The molecule has 2 aromatic rings. The van der Waals surface area contributed by atoms with Gasteiger partial charge in [-0.25, -0.2) is 0 Å². The molecule has 0 bridgehead atoms. The predicted octanol–water partition coefficient (Wildman–Crippen LogP) is 6.01. The number of thioether (sulfide) groups is 1. The van der Waals surface area contributed by atoms with Gasteiger partial charge in [0.15, 0.2) is 0 Å². The lowest BCUT2D eigenvalue weighted by atomic mass is 9.79. The summed E-state index contributed by atoms with van der Waals surface area (Å²) in [5.41, 5.74) is 1.45. The summed E-state index contributed by atoms with van der Waals surface area (Å²) in [5.74, 6) is 1.11. The molecule has 0 amide bonds. The first-order valence-corrected chi connectivity index (χ1v) is 9.22. The number of benzene rings is 2. The van der Waals surface area contributed by atoms with Crippen LogP contribution in [0.2, 0.25) is 0 Å². The number of ether oxygens (including phenoxy) is 1. The van der Waals surface area contributed by atoms with Crippen LogP contribution >= 0.6 is 11.8 Å². The van der Waals surface area contributed by atoms with Crippen LogP contribution in [0.3, 0.4) is 0 Å². The van der Waals surface area contributed by atoms with Crippen molar-refractivity contribution in [2.75, 3.05) is 0 Å². The highest BCUT2D eigenvalue weighted by Gasteiger charge is 2.41. The molecule has 1 nitrogen and oxygen atoms in total. The second-order valence-electron chi connectivity index (χ2n) is 6.51. The van der Waals surface area contributed by atoms with Crippen molar-refractivity contribution in [1.82, 2.24) is 0 Å². The zero-order valence-electron chi connectivity index (χ0n) is 12.8. The number of hydrogen-bond donors (Lipinski definition) is 0. The van der Waals surface area contributed by atoms with E-state index in [0.29, 0.717) is 5.25 Å². The van der Waals surface area contributed by atoms with Crippen LogP contribution in [0, 0.1) is 0 Å². The number of rotatable bonds is 2. The molecule has 1 spiro atoms. The second kappa shape index (κ2) is 6.00. The van der Waals surface area contributed by atoms with Crippen LogP contribution in [0.4, 0.5) is 0 Å². The van der Waals surface area contributed by atoms with Gasteiger partial charge in [0.2, 0.25) is 0 Å². The maximum Gasteiger partial charge on any atom is 0.124 e. The monoisotopic (exact) mass is 310 g/mol. The van der Waals surface area contributed by atoms with Gasteiger partial charge in [0.25, 0.3) is 0 Å². The van der Waals surface area contributed by atoms with Crippen LogP contribution in [-0.2, 0) is 0 Å². The lowest BCUT2D eigenvalue weighted by Gasteiger charge is -2.44. The van der Waals surface area contributed by atoms with Gasteiger partial charge in [0.1, 0.15) is 11.4 Å². The van der Waals surface area contributed by atoms with E-state index < -0.39 is 0 Å². The molecule has 2 aromatic carbocycles. The Morgan fingerprint density at radius 2 is 1.59 bits per heavy atom. The molecule has 0 unspecified atom stereocenters. The Balaban J connectivity index is 1.66. The highest BCUT2D eigenvalue weighted by Crippen LogP contribution is 2.52. The molecule has 1 heterocycles. The molecule has 1 atom stereocenters. The van der Waals surface area contributed by atoms with Crippen LogP contribution in [0.15, 0.2) is 59.5 Å². The van der Waals surface area contributed by atoms with Gasteiger partial charge in [-0.05, 0) is 43.9 Å². The topological polar surface area (TPSA) is 9.23 Å². The summed E-state index contributed by atoms with van der Waals surface area (Å²) >= 11 is 1.99. The van der Waals surface area contributed by atoms with Crippen molar-refractivity contribution in [2.24, 2.45) is 0 Å². The van der Waals surface area contributed by atoms with E-state index in [1.807, 2.05) is 11.8 Å². The normalized spacial score (nSPS) is 22.8. The highest BCUT2D eigenvalue weighted by molar-refractivity contribution is 7.99. The maximum atomic E-state index is 6.51. The van der Waals surface area contributed by atoms with Crippen LogP contribution in [0.5, 0.6) is 5.75 Å². The van der Waals surface area contributed by atoms with Crippen LogP contribution in [0.25, 0.3) is 0 Å². The quantitative estimate of drug-likeness (QED) is 0.672. The first kappa shape index (κ1) is 14.2. The summed E-state index contributed by atoms with van der Waals surface area (Å²) in [5, 5.41) is 0.505. The Kier molecular flexibility index (Phi) is 3.87. The lowest BCUT2D eigenvalue weighted by molar-refractivity contribution is 0.00982. The fourth-order valence-corrected chi connectivity index (χ4v) is 5.18. The lowest BCUT2D eigenvalue weighted by Crippen LogP contribution is -2.42. The number of hydrogen-bond acceptors (Lipinski definition) is 2. The zero-order valence-corrected chi connectivity index (χ0v) is 13.6. The molecule has 0 aromatic heterocycles. The molecule has 0 radical (unpaired) electrons. The number of fused-ring (bicyclic) bond motifs is 1. The van der Waals surface area contributed by atoms with E-state index >= 15 is 0 Å². The third-order valence-corrected chi connectivity index (χ3v) is 6.19. The highest BCUT2D eigenvalue weighted by atomic mass is 32.2. The van der Waals surface area contributed by atoms with Crippen molar-refractivity contribution < 1.29 is 4.74 Å². The average molecular weight is 310 g/mol. The van der Waals surface area contributed by atoms with Gasteiger partial charge in [-0.3, -0.25) is 0 Å². The van der Waals surface area contributed by atoms with Crippen molar-refractivity contribution in [2.45, 2.75) is 54.3 Å². The van der Waals surface area contributed by atoms with Crippen LogP contribution in [-0.4, -0.2) is 5.60 Å². The Morgan fingerprint density at radius 1 is 0.864 bits per heavy atom. The summed E-state index contributed by atoms with van der Waals surface area (Å²) in [7, 11) is 0. The molecule has 4 rings (SSSR count). The Bertz CT molecular complexity index is 631. The molecule has 0 N–H and O–H groups in total. The summed E-state index contributed by atoms with van der Waals surface area (Å²) in [6.07, 6.45) is 7.56. The van der Waals surface area contributed by atoms with Crippen molar-refractivity contribution in [3.63, 3.8) is 0 Å². The summed E-state index contributed by atoms with van der Waals surface area (Å²) in [6, 6.07) is 19.4. The van der Waals surface area contributed by atoms with Gasteiger partial charge in [-0.15, -0.1) is 11.8 Å². The van der Waals surface area contributed by atoms with Crippen LogP contribution < -0.4 is 4.74 Å². The van der Waals surface area contributed by atoms with E-state index in [4.69, 9.17) is 4.74 Å². The van der Waals surface area contributed by atoms with E-state index in [0.717, 1.165) is 12.2 Å². The van der Waals surface area contributed by atoms with E-state index in [2.05, 4.69) is 54.6 Å². The largest absolute Gasteiger partial charge is 0.487 e. The van der Waals surface area contributed by atoms with E-state index in [9.17, 15) is 0 Å². The Morgan fingerprint density at radius 3 is 2.41 bits per heavy atom.